The summed E-state index contributed by atoms with van der Waals surface area (Å²) in [6.07, 6.45) is 10.1. The first-order chi connectivity index (χ1) is 19.6. The number of nitrogens with one attached hydrogen (secondary N) is 3. The molecule has 2 saturated carbocycles. The number of hydrogen-bond acceptors (Lipinski definition) is 6. The highest BCUT2D eigenvalue weighted by molar-refractivity contribution is 7.91. The molecule has 3 fully saturated rings. The molecular formula is C30H40N4O6S. The molecule has 0 spiro atoms. The van der Waals surface area contributed by atoms with Gasteiger partial charge in [0.1, 0.15) is 17.6 Å². The second-order valence-corrected chi connectivity index (χ2v) is 13.9. The first-order valence-corrected chi connectivity index (χ1v) is 16.3. The highest BCUT2D eigenvalue weighted by Crippen LogP contribution is 2.46. The van der Waals surface area contributed by atoms with Crippen molar-refractivity contribution in [1.82, 2.24) is 20.3 Å². The van der Waals surface area contributed by atoms with Gasteiger partial charge in [-0.25, -0.2) is 8.42 Å². The van der Waals surface area contributed by atoms with Crippen molar-refractivity contribution < 1.29 is 27.6 Å². The maximum Gasteiger partial charge on any atom is 0.259 e. The molecule has 2 aliphatic carbocycles. The summed E-state index contributed by atoms with van der Waals surface area (Å²) in [5.41, 5.74) is 0.601. The predicted molar refractivity (Wildman–Crippen MR) is 153 cm³/mol. The lowest BCUT2D eigenvalue weighted by molar-refractivity contribution is -0.142. The lowest BCUT2D eigenvalue weighted by atomic mass is 10.0. The van der Waals surface area contributed by atoms with Crippen LogP contribution >= 0.6 is 0 Å². The van der Waals surface area contributed by atoms with E-state index in [1.54, 1.807) is 0 Å². The lowest BCUT2D eigenvalue weighted by Crippen LogP contribution is -2.58. The van der Waals surface area contributed by atoms with Gasteiger partial charge in [0.25, 0.3) is 5.91 Å². The Morgan fingerprint density at radius 2 is 1.78 bits per heavy atom. The molecule has 4 atom stereocenters. The molecule has 5 rings (SSSR count). The summed E-state index contributed by atoms with van der Waals surface area (Å²) in [5, 5.41) is 5.22. The van der Waals surface area contributed by atoms with Crippen LogP contribution in [0.25, 0.3) is 0 Å². The molecule has 2 heterocycles. The number of rotatable bonds is 6. The molecule has 11 heteroatoms. The monoisotopic (exact) mass is 584 g/mol. The zero-order chi connectivity index (χ0) is 29.2. The van der Waals surface area contributed by atoms with E-state index in [0.717, 1.165) is 36.8 Å². The van der Waals surface area contributed by atoms with Gasteiger partial charge in [-0.15, -0.1) is 0 Å². The van der Waals surface area contributed by atoms with Gasteiger partial charge in [0.05, 0.1) is 11.7 Å². The van der Waals surface area contributed by atoms with E-state index in [0.29, 0.717) is 45.1 Å². The fourth-order valence-corrected chi connectivity index (χ4v) is 7.28. The topological polar surface area (TPSA) is 142 Å². The zero-order valence-electron chi connectivity index (χ0n) is 23.6. The van der Waals surface area contributed by atoms with Crippen LogP contribution in [0.1, 0.15) is 75.3 Å². The van der Waals surface area contributed by atoms with Crippen LogP contribution in [0.5, 0.6) is 0 Å². The van der Waals surface area contributed by atoms with Gasteiger partial charge >= 0.3 is 0 Å². The number of fused-ring (bicyclic) bond motifs is 2. The van der Waals surface area contributed by atoms with Gasteiger partial charge in [0.2, 0.25) is 27.7 Å². The number of allylic oxidation sites excluding steroid dienone is 1. The number of benzene rings is 1. The minimum absolute atomic E-state index is 0.154. The van der Waals surface area contributed by atoms with Crippen LogP contribution in [0.3, 0.4) is 0 Å². The Kier molecular flexibility index (Phi) is 8.54. The van der Waals surface area contributed by atoms with Crippen molar-refractivity contribution in [2.45, 2.75) is 100 Å². The van der Waals surface area contributed by atoms with Crippen molar-refractivity contribution in [1.29, 1.82) is 0 Å². The minimum atomic E-state index is -3.78. The van der Waals surface area contributed by atoms with Crippen molar-refractivity contribution in [3.63, 3.8) is 0 Å². The Morgan fingerprint density at radius 1 is 1.02 bits per heavy atom. The van der Waals surface area contributed by atoms with Gasteiger partial charge in [0.15, 0.2) is 0 Å². The second-order valence-electron chi connectivity index (χ2n) is 12.0. The minimum Gasteiger partial charge on any atom is -0.344 e. The van der Waals surface area contributed by atoms with E-state index in [4.69, 9.17) is 0 Å². The van der Waals surface area contributed by atoms with Crippen LogP contribution in [0.2, 0.25) is 0 Å². The summed E-state index contributed by atoms with van der Waals surface area (Å²) < 4.78 is 27.2. The summed E-state index contributed by atoms with van der Waals surface area (Å²) in [4.78, 5) is 55.1. The number of aryl methyl sites for hydroxylation is 1. The van der Waals surface area contributed by atoms with Crippen molar-refractivity contribution in [3.05, 3.63) is 47.5 Å². The third-order valence-corrected chi connectivity index (χ3v) is 10.5. The summed E-state index contributed by atoms with van der Waals surface area (Å²) in [7, 11) is -3.78. The third-order valence-electron chi connectivity index (χ3n) is 8.65. The highest BCUT2D eigenvalue weighted by Gasteiger charge is 2.61. The van der Waals surface area contributed by atoms with E-state index >= 15 is 0 Å². The number of hydrogen-bond donors (Lipinski definition) is 3. The molecule has 4 aliphatic rings. The van der Waals surface area contributed by atoms with Crippen LogP contribution in [0, 0.1) is 12.8 Å². The Hall–Kier alpha value is -3.21. The van der Waals surface area contributed by atoms with Gasteiger partial charge in [-0.05, 0) is 63.9 Å². The largest absolute Gasteiger partial charge is 0.344 e. The fraction of sp³-hybridized carbons (Fsp3) is 0.600. The maximum atomic E-state index is 13.8. The average molecular weight is 585 g/mol. The van der Waals surface area contributed by atoms with Crippen LogP contribution in [-0.4, -0.2) is 66.4 Å². The SMILES string of the molecule is Cc1ccc(CC(=O)NC2CCCCC/C=C\[C@@H]3C[C@@]3(C(=O)NS(=O)(=O)C3CC3)NC(=O)[C@@H]3CCCN3C2=O)cc1. The Labute approximate surface area is 241 Å². The van der Waals surface area contributed by atoms with E-state index in [1.807, 2.05) is 43.3 Å². The molecule has 3 N–H and O–H groups in total. The standard InChI is InChI=1S/C30H40N4O6S/c1-20-11-13-21(14-12-20)18-26(35)31-24-9-6-4-2-3-5-8-22-19-30(22,29(38)33-41(39,40)23-15-16-23)32-27(36)25-10-7-17-34(25)28(24)37/h5,8,11-14,22-25H,2-4,6-7,9-10,15-19H2,1H3,(H,31,35)(H,32,36)(H,33,38)/b8-5-/t22-,24?,25+,30-/m1/s1. The third kappa shape index (κ3) is 6.82. The van der Waals surface area contributed by atoms with Crippen LogP contribution in [-0.2, 0) is 35.6 Å². The molecule has 222 valence electrons. The molecule has 4 amide bonds. The van der Waals surface area contributed by atoms with Crippen LogP contribution in [0.15, 0.2) is 36.4 Å². The smallest absolute Gasteiger partial charge is 0.259 e. The Bertz CT molecular complexity index is 1320. The first kappa shape index (κ1) is 29.3. The zero-order valence-corrected chi connectivity index (χ0v) is 24.4. The molecule has 1 unspecified atom stereocenters. The molecule has 10 nitrogen and oxygen atoms in total. The molecule has 0 aromatic heterocycles. The average Bonchev–Trinajstić information content (AvgIpc) is 3.84. The van der Waals surface area contributed by atoms with Crippen LogP contribution in [0.4, 0.5) is 0 Å². The second kappa shape index (κ2) is 12.0. The quantitative estimate of drug-likeness (QED) is 0.437. The summed E-state index contributed by atoms with van der Waals surface area (Å²) >= 11 is 0. The molecule has 2 aliphatic heterocycles. The van der Waals surface area contributed by atoms with Gasteiger partial charge in [-0.1, -0.05) is 54.8 Å². The highest BCUT2D eigenvalue weighted by atomic mass is 32.2. The Balaban J connectivity index is 1.32. The van der Waals surface area contributed by atoms with Gasteiger partial charge in [0, 0.05) is 12.5 Å². The molecule has 41 heavy (non-hydrogen) atoms. The number of carbonyl (C=O) groups excluding carboxylic acids is 4. The first-order valence-electron chi connectivity index (χ1n) is 14.8. The number of nitrogens with zero attached hydrogens (tertiary/aromatic N) is 1. The van der Waals surface area contributed by atoms with Gasteiger partial charge in [-0.3, -0.25) is 23.9 Å². The van der Waals surface area contributed by atoms with Crippen molar-refractivity contribution in [2.24, 2.45) is 5.92 Å². The van der Waals surface area contributed by atoms with Gasteiger partial charge < -0.3 is 15.5 Å². The summed E-state index contributed by atoms with van der Waals surface area (Å²) in [6.45, 7) is 2.35. The summed E-state index contributed by atoms with van der Waals surface area (Å²) in [6, 6.07) is 6.14. The molecule has 1 aromatic carbocycles. The maximum absolute atomic E-state index is 13.8. The van der Waals surface area contributed by atoms with Crippen LogP contribution < -0.4 is 15.4 Å². The molecule has 0 bridgehead atoms. The van der Waals surface area contributed by atoms with Crippen molar-refractivity contribution in [2.75, 3.05) is 6.54 Å². The van der Waals surface area contributed by atoms with Crippen molar-refractivity contribution in [3.8, 4) is 0 Å². The lowest BCUT2D eigenvalue weighted by Gasteiger charge is -2.30. The number of sulfonamides is 1. The normalized spacial score (nSPS) is 29.7. The van der Waals surface area contributed by atoms with E-state index in [-0.39, 0.29) is 24.2 Å². The van der Waals surface area contributed by atoms with E-state index in [1.165, 1.54) is 4.90 Å². The molecular weight excluding hydrogens is 544 g/mol. The summed E-state index contributed by atoms with van der Waals surface area (Å²) in [5.74, 6) is -2.04. The Morgan fingerprint density at radius 3 is 2.51 bits per heavy atom. The van der Waals surface area contributed by atoms with Gasteiger partial charge in [-0.2, -0.15) is 0 Å². The fourth-order valence-electron chi connectivity index (χ4n) is 5.91. The van der Waals surface area contributed by atoms with E-state index in [2.05, 4.69) is 15.4 Å². The van der Waals surface area contributed by atoms with Crippen molar-refractivity contribution >= 4 is 33.7 Å². The molecule has 1 saturated heterocycles. The number of carbonyl (C=O) groups is 4. The van der Waals surface area contributed by atoms with E-state index in [9.17, 15) is 27.6 Å². The van der Waals surface area contributed by atoms with E-state index < -0.39 is 44.7 Å². The predicted octanol–water partition coefficient (Wildman–Crippen LogP) is 2.02. The molecule has 0 radical (unpaired) electrons. The molecule has 1 aromatic rings. The number of amides is 4.